The molecule has 0 radical (unpaired) electrons. The fourth-order valence-electron chi connectivity index (χ4n) is 1.00. The Morgan fingerprint density at radius 2 is 2.21 bits per heavy atom. The van der Waals surface area contributed by atoms with Crippen molar-refractivity contribution in [3.05, 3.63) is 28.5 Å². The molecule has 0 saturated heterocycles. The van der Waals surface area contributed by atoms with Crippen molar-refractivity contribution in [1.29, 1.82) is 5.41 Å². The molecule has 1 heterocycles. The Kier molecular flexibility index (Phi) is 4.00. The molecule has 1 aromatic heterocycles. The number of aliphatic imine (C=N–C) groups is 1. The van der Waals surface area contributed by atoms with Gasteiger partial charge in [-0.25, -0.2) is 4.98 Å². The van der Waals surface area contributed by atoms with Gasteiger partial charge in [0, 0.05) is 18.3 Å². The molecule has 1 rings (SSSR count). The van der Waals surface area contributed by atoms with E-state index < -0.39 is 0 Å². The van der Waals surface area contributed by atoms with Crippen molar-refractivity contribution in [2.75, 3.05) is 7.05 Å². The minimum absolute atomic E-state index is 0.419. The third kappa shape index (κ3) is 2.51. The van der Waals surface area contributed by atoms with E-state index in [4.69, 9.17) is 17.0 Å². The molecule has 0 atom stereocenters. The summed E-state index contributed by atoms with van der Waals surface area (Å²) >= 11 is 7.86. The fourth-order valence-corrected chi connectivity index (χ4v) is 1.56. The van der Waals surface area contributed by atoms with Crippen LogP contribution in [0.15, 0.2) is 17.1 Å². The molecule has 0 saturated carbocycles. The highest BCUT2D eigenvalue weighted by Crippen LogP contribution is 2.15. The monoisotopic (exact) mass is 321 g/mol. The lowest BCUT2D eigenvalue weighted by atomic mass is 10.1. The summed E-state index contributed by atoms with van der Waals surface area (Å²) in [4.78, 5) is 8.18. The Morgan fingerprint density at radius 3 is 2.71 bits per heavy atom. The highest BCUT2D eigenvalue weighted by atomic mass is 127. The number of hydrogen-bond acceptors (Lipinski definition) is 3. The molecule has 0 aliphatic carbocycles. The van der Waals surface area contributed by atoms with Crippen LogP contribution in [0.3, 0.4) is 0 Å². The molecule has 74 valence electrons. The van der Waals surface area contributed by atoms with Crippen molar-refractivity contribution in [3.63, 3.8) is 0 Å². The van der Waals surface area contributed by atoms with Gasteiger partial charge >= 0.3 is 0 Å². The normalized spacial score (nSPS) is 11.6. The zero-order valence-corrected chi connectivity index (χ0v) is 10.7. The molecule has 1 aromatic rings. The van der Waals surface area contributed by atoms with Gasteiger partial charge in [-0.05, 0) is 41.6 Å². The lowest BCUT2D eigenvalue weighted by Crippen LogP contribution is -2.05. The van der Waals surface area contributed by atoms with Gasteiger partial charge in [-0.2, -0.15) is 0 Å². The maximum Gasteiger partial charge on any atom is 0.129 e. The van der Waals surface area contributed by atoms with E-state index in [0.717, 1.165) is 9.28 Å². The van der Waals surface area contributed by atoms with Crippen molar-refractivity contribution in [3.8, 4) is 0 Å². The Balaban J connectivity index is 3.37. The summed E-state index contributed by atoms with van der Waals surface area (Å²) in [6.07, 6.45) is 0. The number of aromatic nitrogens is 1. The van der Waals surface area contributed by atoms with Gasteiger partial charge in [0.15, 0.2) is 0 Å². The Hall–Kier alpha value is -0.490. The fraction of sp³-hybridized carbons (Fsp3) is 0.222. The number of nitrogens with zero attached hydrogens (tertiary/aromatic N) is 2. The van der Waals surface area contributed by atoms with Gasteiger partial charge in [0.25, 0.3) is 0 Å². The summed E-state index contributed by atoms with van der Waals surface area (Å²) in [7, 11) is 1.69. The zero-order valence-electron chi connectivity index (χ0n) is 7.81. The molecule has 0 amide bonds. The Labute approximate surface area is 101 Å². The predicted molar refractivity (Wildman–Crippen MR) is 68.2 cm³/mol. The second-order valence-electron chi connectivity index (χ2n) is 2.67. The second-order valence-corrected chi connectivity index (χ2v) is 4.08. The van der Waals surface area contributed by atoms with Gasteiger partial charge in [-0.1, -0.05) is 11.6 Å². The third-order valence-electron chi connectivity index (χ3n) is 1.66. The molecular formula is C9H9ClIN3. The first-order valence-electron chi connectivity index (χ1n) is 3.91. The first-order valence-corrected chi connectivity index (χ1v) is 5.36. The molecule has 0 fully saturated rings. The molecule has 0 aliphatic rings. The van der Waals surface area contributed by atoms with E-state index >= 15 is 0 Å². The minimum Gasteiger partial charge on any atom is -0.305 e. The number of halogens is 2. The van der Waals surface area contributed by atoms with Crippen LogP contribution in [-0.2, 0) is 0 Å². The maximum absolute atomic E-state index is 7.57. The predicted octanol–water partition coefficient (Wildman–Crippen LogP) is 2.93. The summed E-state index contributed by atoms with van der Waals surface area (Å²) < 4.78 is 0.756. The summed E-state index contributed by atoms with van der Waals surface area (Å²) in [5.74, 6) is 0. The van der Waals surface area contributed by atoms with Gasteiger partial charge in [0.05, 0.1) is 0 Å². The standard InChI is InChI=1S/C9H9ClIN3/c1-5(12)6-3-4-7(10)14-8(6)9(11)13-2/h3-4,12H,1-2H3/b12-5?,13-9+. The van der Waals surface area contributed by atoms with Crippen LogP contribution in [0.2, 0.25) is 5.15 Å². The second kappa shape index (κ2) is 4.84. The zero-order chi connectivity index (χ0) is 10.7. The maximum atomic E-state index is 7.57. The smallest absolute Gasteiger partial charge is 0.129 e. The number of hydrogen-bond donors (Lipinski definition) is 1. The number of pyridine rings is 1. The highest BCUT2D eigenvalue weighted by Gasteiger charge is 2.10. The van der Waals surface area contributed by atoms with Crippen molar-refractivity contribution in [2.45, 2.75) is 6.92 Å². The van der Waals surface area contributed by atoms with E-state index in [1.165, 1.54) is 0 Å². The van der Waals surface area contributed by atoms with Gasteiger partial charge in [0.2, 0.25) is 0 Å². The van der Waals surface area contributed by atoms with Gasteiger partial charge < -0.3 is 5.41 Å². The average molecular weight is 322 g/mol. The summed E-state index contributed by atoms with van der Waals surface area (Å²) in [5.41, 5.74) is 1.90. The van der Waals surface area contributed by atoms with E-state index in [0.29, 0.717) is 16.6 Å². The van der Waals surface area contributed by atoms with Crippen molar-refractivity contribution in [2.24, 2.45) is 4.99 Å². The van der Waals surface area contributed by atoms with E-state index in [2.05, 4.69) is 32.6 Å². The highest BCUT2D eigenvalue weighted by molar-refractivity contribution is 14.1. The average Bonchev–Trinajstić information content (AvgIpc) is 2.16. The molecule has 5 heteroatoms. The van der Waals surface area contributed by atoms with Crippen LogP contribution in [0.1, 0.15) is 18.2 Å². The minimum atomic E-state index is 0.419. The van der Waals surface area contributed by atoms with Gasteiger partial charge in [-0.3, -0.25) is 4.99 Å². The van der Waals surface area contributed by atoms with Crippen molar-refractivity contribution < 1.29 is 0 Å². The van der Waals surface area contributed by atoms with Gasteiger partial charge in [0.1, 0.15) is 14.6 Å². The molecule has 0 aromatic carbocycles. The largest absolute Gasteiger partial charge is 0.305 e. The SMILES string of the molecule is C/N=C(/I)c1nc(Cl)ccc1C(C)=N. The van der Waals surface area contributed by atoms with Crippen LogP contribution in [0.5, 0.6) is 0 Å². The van der Waals surface area contributed by atoms with E-state index in [1.807, 2.05) is 0 Å². The molecule has 0 aliphatic heterocycles. The van der Waals surface area contributed by atoms with Crippen LogP contribution in [0.4, 0.5) is 0 Å². The Bertz CT molecular complexity index is 401. The molecule has 0 unspecified atom stereocenters. The lowest BCUT2D eigenvalue weighted by Gasteiger charge is -2.05. The van der Waals surface area contributed by atoms with E-state index in [9.17, 15) is 0 Å². The van der Waals surface area contributed by atoms with Crippen LogP contribution in [-0.4, -0.2) is 21.5 Å². The molecule has 0 bridgehead atoms. The topological polar surface area (TPSA) is 49.1 Å². The van der Waals surface area contributed by atoms with E-state index in [-0.39, 0.29) is 0 Å². The molecule has 3 nitrogen and oxygen atoms in total. The number of nitrogens with one attached hydrogen (secondary N) is 1. The van der Waals surface area contributed by atoms with Crippen molar-refractivity contribution in [1.82, 2.24) is 4.98 Å². The lowest BCUT2D eigenvalue weighted by molar-refractivity contribution is 1.27. The third-order valence-corrected chi connectivity index (χ3v) is 2.86. The molecule has 1 N–H and O–H groups in total. The van der Waals surface area contributed by atoms with Gasteiger partial charge in [-0.15, -0.1) is 0 Å². The summed E-state index contributed by atoms with van der Waals surface area (Å²) in [6, 6.07) is 3.47. The first kappa shape index (κ1) is 11.6. The molecular weight excluding hydrogens is 312 g/mol. The number of rotatable bonds is 2. The van der Waals surface area contributed by atoms with Crippen molar-refractivity contribution >= 4 is 43.6 Å². The summed E-state index contributed by atoms with van der Waals surface area (Å²) in [5, 5.41) is 7.99. The Morgan fingerprint density at radius 1 is 1.57 bits per heavy atom. The van der Waals surface area contributed by atoms with Crippen LogP contribution in [0.25, 0.3) is 0 Å². The first-order chi connectivity index (χ1) is 6.56. The van der Waals surface area contributed by atoms with Crippen LogP contribution < -0.4 is 0 Å². The quantitative estimate of drug-likeness (QED) is 0.508. The summed E-state index contributed by atoms with van der Waals surface area (Å²) in [6.45, 7) is 1.72. The molecule has 14 heavy (non-hydrogen) atoms. The van der Waals surface area contributed by atoms with Crippen LogP contribution >= 0.6 is 34.2 Å². The van der Waals surface area contributed by atoms with E-state index in [1.54, 1.807) is 26.1 Å². The molecule has 0 spiro atoms. The van der Waals surface area contributed by atoms with Crippen LogP contribution in [0, 0.1) is 5.41 Å².